The molecule has 1 rings (SSSR count). The van der Waals surface area contributed by atoms with Gasteiger partial charge in [0.2, 0.25) is 5.91 Å². The van der Waals surface area contributed by atoms with Gasteiger partial charge in [0, 0.05) is 25.7 Å². The van der Waals surface area contributed by atoms with Crippen molar-refractivity contribution in [2.45, 2.75) is 26.3 Å². The molecule has 114 valence electrons. The first-order valence-electron chi connectivity index (χ1n) is 7.11. The molecule has 6 heteroatoms. The molecule has 0 saturated carbocycles. The Kier molecular flexibility index (Phi) is 7.91. The van der Waals surface area contributed by atoms with E-state index in [-0.39, 0.29) is 17.9 Å². The van der Waals surface area contributed by atoms with Gasteiger partial charge in [-0.3, -0.25) is 9.69 Å². The summed E-state index contributed by atoms with van der Waals surface area (Å²) in [5, 5.41) is 2.88. The third kappa shape index (κ3) is 5.71. The average molecular weight is 284 g/mol. The smallest absolute Gasteiger partial charge is 0.330 e. The fourth-order valence-corrected chi connectivity index (χ4v) is 1.94. The molecule has 1 heterocycles. The minimum atomic E-state index is -0.354. The van der Waals surface area contributed by atoms with Crippen LogP contribution in [-0.2, 0) is 19.1 Å². The Morgan fingerprint density at radius 2 is 2.25 bits per heavy atom. The number of ether oxygens (including phenoxy) is 2. The van der Waals surface area contributed by atoms with Gasteiger partial charge in [0.15, 0.2) is 0 Å². The van der Waals surface area contributed by atoms with Gasteiger partial charge in [-0.25, -0.2) is 4.79 Å². The third-order valence-corrected chi connectivity index (χ3v) is 2.97. The predicted octanol–water partition coefficient (Wildman–Crippen LogP) is 0.333. The standard InChI is InChI=1S/C14H24N2O4/c1-3-7-15-14(18)12-11-19-10-9-16(12)8-5-6-13(17)20-4-2/h5-6,12H,3-4,7-11H2,1-2H3,(H,15,18)/b6-5+. The molecule has 0 radical (unpaired) electrons. The first-order chi connectivity index (χ1) is 9.69. The minimum absolute atomic E-state index is 0.0175. The van der Waals surface area contributed by atoms with E-state index in [4.69, 9.17) is 9.47 Å². The monoisotopic (exact) mass is 284 g/mol. The van der Waals surface area contributed by atoms with Crippen molar-refractivity contribution in [2.75, 3.05) is 39.5 Å². The second-order valence-corrected chi connectivity index (χ2v) is 4.53. The molecule has 0 aromatic rings. The van der Waals surface area contributed by atoms with Crippen LogP contribution in [0.15, 0.2) is 12.2 Å². The molecule has 1 N–H and O–H groups in total. The van der Waals surface area contributed by atoms with Crippen molar-refractivity contribution in [2.24, 2.45) is 0 Å². The number of nitrogens with one attached hydrogen (secondary N) is 1. The van der Waals surface area contributed by atoms with Gasteiger partial charge in [-0.1, -0.05) is 13.0 Å². The number of hydrogen-bond donors (Lipinski definition) is 1. The Labute approximate surface area is 120 Å². The molecule has 20 heavy (non-hydrogen) atoms. The average Bonchev–Trinajstić information content (AvgIpc) is 2.45. The maximum absolute atomic E-state index is 12.0. The van der Waals surface area contributed by atoms with Crippen molar-refractivity contribution < 1.29 is 19.1 Å². The predicted molar refractivity (Wildman–Crippen MR) is 75.3 cm³/mol. The molecule has 1 unspecified atom stereocenters. The summed E-state index contributed by atoms with van der Waals surface area (Å²) in [5.74, 6) is -0.371. The van der Waals surface area contributed by atoms with Crippen molar-refractivity contribution in [1.29, 1.82) is 0 Å². The zero-order chi connectivity index (χ0) is 14.8. The van der Waals surface area contributed by atoms with Crippen LogP contribution in [0.25, 0.3) is 0 Å². The highest BCUT2D eigenvalue weighted by Gasteiger charge is 2.28. The van der Waals surface area contributed by atoms with Crippen LogP contribution in [-0.4, -0.2) is 62.3 Å². The first kappa shape index (κ1) is 16.7. The van der Waals surface area contributed by atoms with Crippen molar-refractivity contribution in [3.63, 3.8) is 0 Å². The number of carbonyl (C=O) groups is 2. The summed E-state index contributed by atoms with van der Waals surface area (Å²) in [4.78, 5) is 25.2. The van der Waals surface area contributed by atoms with E-state index in [1.165, 1.54) is 6.08 Å². The Morgan fingerprint density at radius 3 is 2.95 bits per heavy atom. The van der Waals surface area contributed by atoms with Gasteiger partial charge in [0.1, 0.15) is 6.04 Å². The maximum Gasteiger partial charge on any atom is 0.330 e. The molecule has 1 amide bonds. The molecule has 1 saturated heterocycles. The van der Waals surface area contributed by atoms with Crippen molar-refractivity contribution >= 4 is 11.9 Å². The second-order valence-electron chi connectivity index (χ2n) is 4.53. The molecule has 1 fully saturated rings. The Balaban J connectivity index is 2.47. The quantitative estimate of drug-likeness (QED) is 0.539. The highest BCUT2D eigenvalue weighted by atomic mass is 16.5. The molecular weight excluding hydrogens is 260 g/mol. The molecule has 6 nitrogen and oxygen atoms in total. The highest BCUT2D eigenvalue weighted by Crippen LogP contribution is 2.07. The van der Waals surface area contributed by atoms with Crippen LogP contribution in [0.3, 0.4) is 0 Å². The number of hydrogen-bond acceptors (Lipinski definition) is 5. The van der Waals surface area contributed by atoms with Crippen LogP contribution in [0.5, 0.6) is 0 Å². The molecule has 0 aromatic heterocycles. The Morgan fingerprint density at radius 1 is 1.45 bits per heavy atom. The van der Waals surface area contributed by atoms with Crippen LogP contribution in [0, 0.1) is 0 Å². The first-order valence-corrected chi connectivity index (χ1v) is 7.11. The fourth-order valence-electron chi connectivity index (χ4n) is 1.94. The third-order valence-electron chi connectivity index (χ3n) is 2.97. The summed E-state index contributed by atoms with van der Waals surface area (Å²) in [7, 11) is 0. The number of amides is 1. The van der Waals surface area contributed by atoms with Gasteiger partial charge in [-0.15, -0.1) is 0 Å². The Hall–Kier alpha value is -1.40. The lowest BCUT2D eigenvalue weighted by Gasteiger charge is -2.33. The zero-order valence-electron chi connectivity index (χ0n) is 12.3. The SMILES string of the molecule is CCCNC(=O)C1COCCN1C/C=C/C(=O)OCC. The van der Waals surface area contributed by atoms with Crippen LogP contribution < -0.4 is 5.32 Å². The normalized spacial score (nSPS) is 20.0. The molecular formula is C14H24N2O4. The fraction of sp³-hybridized carbons (Fsp3) is 0.714. The number of nitrogens with zero attached hydrogens (tertiary/aromatic N) is 1. The highest BCUT2D eigenvalue weighted by molar-refractivity contribution is 5.82. The summed E-state index contributed by atoms with van der Waals surface area (Å²) >= 11 is 0. The summed E-state index contributed by atoms with van der Waals surface area (Å²) in [6.45, 7) is 7.02. The second kappa shape index (κ2) is 9.50. The molecule has 1 atom stereocenters. The number of esters is 1. The molecule has 0 bridgehead atoms. The van der Waals surface area contributed by atoms with E-state index < -0.39 is 0 Å². The van der Waals surface area contributed by atoms with Gasteiger partial charge >= 0.3 is 5.97 Å². The molecule has 0 aliphatic carbocycles. The maximum atomic E-state index is 12.0. The van der Waals surface area contributed by atoms with E-state index >= 15 is 0 Å². The van der Waals surface area contributed by atoms with Gasteiger partial charge in [0.05, 0.1) is 19.8 Å². The van der Waals surface area contributed by atoms with E-state index in [1.54, 1.807) is 13.0 Å². The van der Waals surface area contributed by atoms with E-state index in [0.29, 0.717) is 39.5 Å². The van der Waals surface area contributed by atoms with Crippen LogP contribution in [0.2, 0.25) is 0 Å². The minimum Gasteiger partial charge on any atom is -0.463 e. The van der Waals surface area contributed by atoms with Gasteiger partial charge in [-0.2, -0.15) is 0 Å². The summed E-state index contributed by atoms with van der Waals surface area (Å²) in [6.07, 6.45) is 4.03. The topological polar surface area (TPSA) is 67.9 Å². The Bertz CT molecular complexity index is 344. The van der Waals surface area contributed by atoms with Gasteiger partial charge in [0.25, 0.3) is 0 Å². The van der Waals surface area contributed by atoms with E-state index in [0.717, 1.165) is 6.42 Å². The van der Waals surface area contributed by atoms with Gasteiger partial charge < -0.3 is 14.8 Å². The number of morpholine rings is 1. The lowest BCUT2D eigenvalue weighted by Crippen LogP contribution is -2.53. The summed E-state index contributed by atoms with van der Waals surface area (Å²) in [5.41, 5.74) is 0. The number of carbonyl (C=O) groups excluding carboxylic acids is 2. The lowest BCUT2D eigenvalue weighted by atomic mass is 10.2. The van der Waals surface area contributed by atoms with Crippen LogP contribution in [0.1, 0.15) is 20.3 Å². The molecule has 0 aromatic carbocycles. The molecule has 1 aliphatic heterocycles. The molecule has 1 aliphatic rings. The summed E-state index contributed by atoms with van der Waals surface area (Å²) in [6, 6.07) is -0.290. The van der Waals surface area contributed by atoms with E-state index in [2.05, 4.69) is 5.32 Å². The zero-order valence-corrected chi connectivity index (χ0v) is 12.3. The van der Waals surface area contributed by atoms with Crippen molar-refractivity contribution in [3.05, 3.63) is 12.2 Å². The molecule has 0 spiro atoms. The van der Waals surface area contributed by atoms with Crippen LogP contribution >= 0.6 is 0 Å². The van der Waals surface area contributed by atoms with Gasteiger partial charge in [-0.05, 0) is 13.3 Å². The number of rotatable bonds is 7. The van der Waals surface area contributed by atoms with Crippen molar-refractivity contribution in [1.82, 2.24) is 10.2 Å². The lowest BCUT2D eigenvalue weighted by molar-refractivity contribution is -0.137. The summed E-state index contributed by atoms with van der Waals surface area (Å²) < 4.78 is 10.2. The van der Waals surface area contributed by atoms with E-state index in [1.807, 2.05) is 11.8 Å². The largest absolute Gasteiger partial charge is 0.463 e. The van der Waals surface area contributed by atoms with Crippen molar-refractivity contribution in [3.8, 4) is 0 Å². The van der Waals surface area contributed by atoms with Crippen LogP contribution in [0.4, 0.5) is 0 Å². The van der Waals surface area contributed by atoms with E-state index in [9.17, 15) is 9.59 Å².